The maximum Gasteiger partial charge on any atom is 0.347 e. The van der Waals surface area contributed by atoms with E-state index in [1.165, 1.54) is 6.92 Å². The van der Waals surface area contributed by atoms with Crippen LogP contribution in [0.2, 0.25) is 0 Å². The summed E-state index contributed by atoms with van der Waals surface area (Å²) >= 11 is 3.35. The summed E-state index contributed by atoms with van der Waals surface area (Å²) in [5, 5.41) is 0. The van der Waals surface area contributed by atoms with Crippen molar-refractivity contribution in [2.45, 2.75) is 33.8 Å². The first-order valence-corrected chi connectivity index (χ1v) is 8.37. The Balaban J connectivity index is 2.37. The van der Waals surface area contributed by atoms with Crippen molar-refractivity contribution in [2.24, 2.45) is 0 Å². The lowest BCUT2D eigenvalue weighted by molar-refractivity contribution is 0.0726. The number of ketones is 1. The highest BCUT2D eigenvalue weighted by Gasteiger charge is 2.19. The van der Waals surface area contributed by atoms with Crippen LogP contribution in [-0.2, 0) is 0 Å². The number of hydrogen-bond acceptors (Lipinski definition) is 4. The van der Waals surface area contributed by atoms with Gasteiger partial charge in [-0.15, -0.1) is 0 Å². The molecule has 0 aliphatic heterocycles. The Morgan fingerprint density at radius 3 is 2.29 bits per heavy atom. The minimum atomic E-state index is -0.571. The van der Waals surface area contributed by atoms with E-state index >= 15 is 0 Å². The van der Waals surface area contributed by atoms with Crippen LogP contribution >= 0.6 is 15.9 Å². The van der Waals surface area contributed by atoms with Crippen LogP contribution in [0.1, 0.15) is 47.1 Å². The van der Waals surface area contributed by atoms with Crippen molar-refractivity contribution in [1.29, 1.82) is 0 Å². The second kappa shape index (κ2) is 7.62. The van der Waals surface area contributed by atoms with Crippen molar-refractivity contribution in [3.8, 4) is 11.5 Å². The van der Waals surface area contributed by atoms with Crippen LogP contribution in [0.15, 0.2) is 40.9 Å². The van der Waals surface area contributed by atoms with E-state index in [0.29, 0.717) is 16.9 Å². The van der Waals surface area contributed by atoms with E-state index in [0.717, 1.165) is 10.0 Å². The Bertz CT molecular complexity index is 781. The van der Waals surface area contributed by atoms with E-state index in [4.69, 9.17) is 9.47 Å². The lowest BCUT2D eigenvalue weighted by Gasteiger charge is -2.15. The SMILES string of the molecule is CC(=O)c1cc(C)ccc1OC(=O)c1cc(Br)ccc1OC(C)C. The van der Waals surface area contributed by atoms with Gasteiger partial charge in [0.05, 0.1) is 11.7 Å². The van der Waals surface area contributed by atoms with Crippen LogP contribution in [0.3, 0.4) is 0 Å². The quantitative estimate of drug-likeness (QED) is 0.410. The molecule has 0 bridgehead atoms. The van der Waals surface area contributed by atoms with E-state index in [1.807, 2.05) is 20.8 Å². The first-order valence-electron chi connectivity index (χ1n) is 7.58. The van der Waals surface area contributed by atoms with Gasteiger partial charge in [0.1, 0.15) is 17.1 Å². The fourth-order valence-electron chi connectivity index (χ4n) is 2.18. The molecule has 4 nitrogen and oxygen atoms in total. The van der Waals surface area contributed by atoms with Crippen LogP contribution in [0.4, 0.5) is 0 Å². The average Bonchev–Trinajstić information content (AvgIpc) is 2.50. The third kappa shape index (κ3) is 4.45. The summed E-state index contributed by atoms with van der Waals surface area (Å²) in [7, 11) is 0. The van der Waals surface area contributed by atoms with Gasteiger partial charge in [-0.05, 0) is 58.0 Å². The molecule has 0 fully saturated rings. The van der Waals surface area contributed by atoms with E-state index in [9.17, 15) is 9.59 Å². The zero-order valence-corrected chi connectivity index (χ0v) is 15.6. The highest BCUT2D eigenvalue weighted by atomic mass is 79.9. The minimum Gasteiger partial charge on any atom is -0.490 e. The molecule has 126 valence electrons. The molecule has 0 saturated heterocycles. The average molecular weight is 391 g/mol. The molecule has 0 aliphatic rings. The van der Waals surface area contributed by atoms with Gasteiger partial charge in [0, 0.05) is 4.47 Å². The molecule has 2 rings (SSSR count). The summed E-state index contributed by atoms with van der Waals surface area (Å²) in [6.45, 7) is 7.08. The molecule has 0 heterocycles. The normalized spacial score (nSPS) is 10.6. The third-order valence-electron chi connectivity index (χ3n) is 3.24. The minimum absolute atomic E-state index is 0.0788. The van der Waals surface area contributed by atoms with Crippen molar-refractivity contribution < 1.29 is 19.1 Å². The van der Waals surface area contributed by atoms with Gasteiger partial charge in [0.25, 0.3) is 0 Å². The van der Waals surface area contributed by atoms with Crippen molar-refractivity contribution in [1.82, 2.24) is 0 Å². The summed E-state index contributed by atoms with van der Waals surface area (Å²) in [5.74, 6) is -0.0454. The number of carbonyl (C=O) groups excluding carboxylic acids is 2. The van der Waals surface area contributed by atoms with Crippen LogP contribution in [0, 0.1) is 6.92 Å². The molecule has 0 saturated carbocycles. The monoisotopic (exact) mass is 390 g/mol. The zero-order valence-electron chi connectivity index (χ0n) is 14.1. The molecule has 0 unspecified atom stereocenters. The molecule has 0 amide bonds. The summed E-state index contributed by atoms with van der Waals surface area (Å²) in [4.78, 5) is 24.4. The van der Waals surface area contributed by atoms with Crippen LogP contribution in [-0.4, -0.2) is 17.9 Å². The molecular formula is C19H19BrO4. The fraction of sp³-hybridized carbons (Fsp3) is 0.263. The molecule has 24 heavy (non-hydrogen) atoms. The third-order valence-corrected chi connectivity index (χ3v) is 3.73. The molecule has 0 spiro atoms. The zero-order chi connectivity index (χ0) is 17.9. The fourth-order valence-corrected chi connectivity index (χ4v) is 2.54. The van der Waals surface area contributed by atoms with E-state index in [1.54, 1.807) is 36.4 Å². The molecule has 0 radical (unpaired) electrons. The predicted molar refractivity (Wildman–Crippen MR) is 96.0 cm³/mol. The van der Waals surface area contributed by atoms with Crippen LogP contribution in [0.25, 0.3) is 0 Å². The van der Waals surface area contributed by atoms with Crippen LogP contribution < -0.4 is 9.47 Å². The summed E-state index contributed by atoms with van der Waals surface area (Å²) in [5.41, 5.74) is 1.60. The number of rotatable bonds is 5. The molecule has 0 N–H and O–H groups in total. The summed E-state index contributed by atoms with van der Waals surface area (Å²) in [6, 6.07) is 10.3. The van der Waals surface area contributed by atoms with Gasteiger partial charge in [-0.2, -0.15) is 0 Å². The number of Topliss-reactive ketones (excluding diaryl/α,β-unsaturated/α-hetero) is 1. The number of halogens is 1. The maximum atomic E-state index is 12.6. The molecule has 5 heteroatoms. The van der Waals surface area contributed by atoms with Crippen molar-refractivity contribution in [3.05, 3.63) is 57.6 Å². The number of carbonyl (C=O) groups is 2. The van der Waals surface area contributed by atoms with Gasteiger partial charge < -0.3 is 9.47 Å². The smallest absolute Gasteiger partial charge is 0.347 e. The van der Waals surface area contributed by atoms with Crippen LogP contribution in [0.5, 0.6) is 11.5 Å². The second-order valence-electron chi connectivity index (χ2n) is 5.75. The lowest BCUT2D eigenvalue weighted by atomic mass is 10.1. The predicted octanol–water partition coefficient (Wildman–Crippen LogP) is 4.97. The number of benzene rings is 2. The highest BCUT2D eigenvalue weighted by molar-refractivity contribution is 9.10. The Kier molecular flexibility index (Phi) is 5.78. The van der Waals surface area contributed by atoms with Gasteiger partial charge >= 0.3 is 5.97 Å². The molecule has 2 aromatic carbocycles. The molecule has 0 atom stereocenters. The first kappa shape index (κ1) is 18.2. The standard InChI is InChI=1S/C19H19BrO4/c1-11(2)23-18-8-6-14(20)10-16(18)19(22)24-17-7-5-12(3)9-15(17)13(4)21/h5-11H,1-4H3. The molecule has 0 aromatic heterocycles. The Labute approximate surface area is 149 Å². The molecular weight excluding hydrogens is 372 g/mol. The van der Waals surface area contributed by atoms with Crippen molar-refractivity contribution in [2.75, 3.05) is 0 Å². The Hall–Kier alpha value is -2.14. The summed E-state index contributed by atoms with van der Waals surface area (Å²) < 4.78 is 11.9. The highest BCUT2D eigenvalue weighted by Crippen LogP contribution is 2.27. The van der Waals surface area contributed by atoms with Gasteiger partial charge in [-0.1, -0.05) is 27.6 Å². The number of aryl methyl sites for hydroxylation is 1. The van der Waals surface area contributed by atoms with E-state index in [2.05, 4.69) is 15.9 Å². The maximum absolute atomic E-state index is 12.6. The van der Waals surface area contributed by atoms with E-state index in [-0.39, 0.29) is 17.6 Å². The topological polar surface area (TPSA) is 52.6 Å². The van der Waals surface area contributed by atoms with E-state index < -0.39 is 5.97 Å². The largest absolute Gasteiger partial charge is 0.490 e. The Morgan fingerprint density at radius 1 is 1.00 bits per heavy atom. The number of hydrogen-bond donors (Lipinski definition) is 0. The van der Waals surface area contributed by atoms with Crippen molar-refractivity contribution in [3.63, 3.8) is 0 Å². The molecule has 2 aromatic rings. The van der Waals surface area contributed by atoms with Gasteiger partial charge in [0.2, 0.25) is 0 Å². The number of esters is 1. The van der Waals surface area contributed by atoms with Gasteiger partial charge in [-0.25, -0.2) is 4.79 Å². The lowest BCUT2D eigenvalue weighted by Crippen LogP contribution is -2.15. The number of ether oxygens (including phenoxy) is 2. The second-order valence-corrected chi connectivity index (χ2v) is 6.67. The first-order chi connectivity index (χ1) is 11.3. The van der Waals surface area contributed by atoms with Gasteiger partial charge in [-0.3, -0.25) is 4.79 Å². The Morgan fingerprint density at radius 2 is 1.67 bits per heavy atom. The van der Waals surface area contributed by atoms with Crippen molar-refractivity contribution >= 4 is 27.7 Å². The summed E-state index contributed by atoms with van der Waals surface area (Å²) in [6.07, 6.45) is -0.0788. The van der Waals surface area contributed by atoms with Gasteiger partial charge in [0.15, 0.2) is 5.78 Å². The molecule has 0 aliphatic carbocycles.